The van der Waals surface area contributed by atoms with Gasteiger partial charge >= 0.3 is 6.03 Å². The van der Waals surface area contributed by atoms with Crippen molar-refractivity contribution < 1.29 is 18.8 Å². The van der Waals surface area contributed by atoms with Crippen LogP contribution in [0.4, 0.5) is 9.18 Å². The highest BCUT2D eigenvalue weighted by Crippen LogP contribution is 2.31. The number of rotatable bonds is 5. The van der Waals surface area contributed by atoms with Gasteiger partial charge in [-0.1, -0.05) is 55.5 Å². The first-order valence-electron chi connectivity index (χ1n) is 8.43. The molecular weight excluding hydrogens is 349 g/mol. The molecule has 4 amide bonds. The third-order valence-corrected chi connectivity index (χ3v) is 4.43. The molecule has 0 radical (unpaired) electrons. The Bertz CT molecular complexity index is 914. The van der Waals surface area contributed by atoms with Crippen molar-refractivity contribution in [1.82, 2.24) is 15.8 Å². The van der Waals surface area contributed by atoms with Gasteiger partial charge in [0, 0.05) is 11.6 Å². The molecule has 138 valence electrons. The molecule has 0 aromatic heterocycles. The van der Waals surface area contributed by atoms with Crippen molar-refractivity contribution in [3.8, 4) is 0 Å². The standard InChI is InChI=1S/C20H18FN3O3/c1-2-20(15-9-4-3-5-10-15)18(26)24(19(27)22-20)23-17(25)13-12-14-8-6-7-11-16(14)21/h3-13H,2H2,1H3,(H,22,27)(H,23,25)/b13-12+/t20-/m0/s1. The van der Waals surface area contributed by atoms with Crippen LogP contribution in [-0.4, -0.2) is 22.9 Å². The number of carbonyl (C=O) groups is 3. The van der Waals surface area contributed by atoms with E-state index in [0.717, 1.165) is 6.08 Å². The normalized spacial score (nSPS) is 19.4. The highest BCUT2D eigenvalue weighted by atomic mass is 19.1. The number of hydrazine groups is 1. The van der Waals surface area contributed by atoms with Crippen molar-refractivity contribution in [2.24, 2.45) is 0 Å². The summed E-state index contributed by atoms with van der Waals surface area (Å²) in [5.41, 5.74) is 1.86. The Hall–Kier alpha value is -3.48. The van der Waals surface area contributed by atoms with Crippen LogP contribution in [0.15, 0.2) is 60.7 Å². The van der Waals surface area contributed by atoms with E-state index in [1.807, 2.05) is 0 Å². The van der Waals surface area contributed by atoms with Gasteiger partial charge in [-0.05, 0) is 24.1 Å². The van der Waals surface area contributed by atoms with Gasteiger partial charge in [0.05, 0.1) is 0 Å². The number of nitrogens with zero attached hydrogens (tertiary/aromatic N) is 1. The molecule has 27 heavy (non-hydrogen) atoms. The number of halogens is 1. The van der Waals surface area contributed by atoms with Crippen LogP contribution in [-0.2, 0) is 15.1 Å². The lowest BCUT2D eigenvalue weighted by Crippen LogP contribution is -2.48. The Kier molecular flexibility index (Phi) is 5.03. The number of nitrogens with one attached hydrogen (secondary N) is 2. The first kappa shape index (κ1) is 18.3. The maximum atomic E-state index is 13.6. The second kappa shape index (κ2) is 7.41. The molecule has 1 heterocycles. The molecule has 0 bridgehead atoms. The molecule has 2 aromatic rings. The monoisotopic (exact) mass is 367 g/mol. The number of amides is 4. The maximum Gasteiger partial charge on any atom is 0.344 e. The molecule has 0 unspecified atom stereocenters. The summed E-state index contributed by atoms with van der Waals surface area (Å²) < 4.78 is 13.6. The fourth-order valence-corrected chi connectivity index (χ4v) is 2.96. The van der Waals surface area contributed by atoms with E-state index in [4.69, 9.17) is 0 Å². The van der Waals surface area contributed by atoms with Crippen molar-refractivity contribution in [2.75, 3.05) is 0 Å². The van der Waals surface area contributed by atoms with E-state index in [1.165, 1.54) is 24.3 Å². The van der Waals surface area contributed by atoms with Crippen molar-refractivity contribution >= 4 is 23.9 Å². The van der Waals surface area contributed by atoms with Crippen LogP contribution in [0, 0.1) is 5.82 Å². The predicted octanol–water partition coefficient (Wildman–Crippen LogP) is 2.73. The van der Waals surface area contributed by atoms with Gasteiger partial charge in [-0.15, -0.1) is 0 Å². The van der Waals surface area contributed by atoms with Gasteiger partial charge in [0.2, 0.25) is 0 Å². The van der Waals surface area contributed by atoms with Crippen LogP contribution < -0.4 is 10.7 Å². The fraction of sp³-hybridized carbons (Fsp3) is 0.150. The second-order valence-corrected chi connectivity index (χ2v) is 6.03. The molecule has 2 N–H and O–H groups in total. The van der Waals surface area contributed by atoms with Crippen LogP contribution >= 0.6 is 0 Å². The van der Waals surface area contributed by atoms with E-state index < -0.39 is 29.2 Å². The average molecular weight is 367 g/mol. The first-order chi connectivity index (χ1) is 13.0. The van der Waals surface area contributed by atoms with Gasteiger partial charge in [0.15, 0.2) is 0 Å². The third kappa shape index (κ3) is 3.44. The molecule has 1 atom stereocenters. The van der Waals surface area contributed by atoms with Crippen LogP contribution in [0.2, 0.25) is 0 Å². The number of urea groups is 1. The average Bonchev–Trinajstić information content (AvgIpc) is 2.93. The predicted molar refractivity (Wildman–Crippen MR) is 97.4 cm³/mol. The van der Waals surface area contributed by atoms with Crippen molar-refractivity contribution in [2.45, 2.75) is 18.9 Å². The number of benzene rings is 2. The SMILES string of the molecule is CC[C@@]1(c2ccccc2)NC(=O)N(NC(=O)/C=C/c2ccccc2F)C1=O. The quantitative estimate of drug-likeness (QED) is 0.630. The molecule has 3 rings (SSSR count). The second-order valence-electron chi connectivity index (χ2n) is 6.03. The number of hydrogen-bond acceptors (Lipinski definition) is 3. The van der Waals surface area contributed by atoms with Crippen LogP contribution in [0.1, 0.15) is 24.5 Å². The summed E-state index contributed by atoms with van der Waals surface area (Å²) in [5, 5.41) is 3.32. The minimum Gasteiger partial charge on any atom is -0.318 e. The van der Waals surface area contributed by atoms with Crippen molar-refractivity contribution in [3.05, 3.63) is 77.6 Å². The summed E-state index contributed by atoms with van der Waals surface area (Å²) in [4.78, 5) is 37.3. The lowest BCUT2D eigenvalue weighted by molar-refractivity contribution is -0.138. The van der Waals surface area contributed by atoms with E-state index in [1.54, 1.807) is 43.3 Å². The minimum atomic E-state index is -1.24. The van der Waals surface area contributed by atoms with Crippen LogP contribution in [0.5, 0.6) is 0 Å². The molecule has 0 saturated carbocycles. The summed E-state index contributed by atoms with van der Waals surface area (Å²) in [7, 11) is 0. The molecule has 7 heteroatoms. The van der Waals surface area contributed by atoms with E-state index >= 15 is 0 Å². The van der Waals surface area contributed by atoms with Gasteiger partial charge in [-0.3, -0.25) is 15.0 Å². The zero-order chi connectivity index (χ0) is 19.4. The van der Waals surface area contributed by atoms with Crippen molar-refractivity contribution in [1.29, 1.82) is 0 Å². The summed E-state index contributed by atoms with van der Waals surface area (Å²) in [6.07, 6.45) is 2.65. The Labute approximate surface area is 155 Å². The topological polar surface area (TPSA) is 78.5 Å². The zero-order valence-electron chi connectivity index (χ0n) is 14.6. The summed E-state index contributed by atoms with van der Waals surface area (Å²) in [6, 6.07) is 14.0. The Balaban J connectivity index is 1.78. The highest BCUT2D eigenvalue weighted by molar-refractivity contribution is 6.09. The van der Waals surface area contributed by atoms with Crippen molar-refractivity contribution in [3.63, 3.8) is 0 Å². The third-order valence-electron chi connectivity index (χ3n) is 4.43. The fourth-order valence-electron chi connectivity index (χ4n) is 2.96. The number of imide groups is 1. The molecular formula is C20H18FN3O3. The van der Waals surface area contributed by atoms with Gasteiger partial charge in [-0.2, -0.15) is 5.01 Å². The lowest BCUT2D eigenvalue weighted by atomic mass is 9.87. The minimum absolute atomic E-state index is 0.219. The summed E-state index contributed by atoms with van der Waals surface area (Å²) >= 11 is 0. The van der Waals surface area contributed by atoms with Gasteiger partial charge in [0.25, 0.3) is 11.8 Å². The Morgan fingerprint density at radius 1 is 1.15 bits per heavy atom. The van der Waals surface area contributed by atoms with Gasteiger partial charge in [-0.25, -0.2) is 9.18 Å². The first-order valence-corrected chi connectivity index (χ1v) is 8.43. The van der Waals surface area contributed by atoms with Gasteiger partial charge in [0.1, 0.15) is 11.4 Å². The van der Waals surface area contributed by atoms with Gasteiger partial charge < -0.3 is 5.32 Å². The Morgan fingerprint density at radius 3 is 2.48 bits per heavy atom. The molecule has 0 aliphatic carbocycles. The number of hydrogen-bond donors (Lipinski definition) is 2. The molecule has 0 spiro atoms. The van der Waals surface area contributed by atoms with Crippen LogP contribution in [0.3, 0.4) is 0 Å². The molecule has 1 fully saturated rings. The molecule has 1 saturated heterocycles. The lowest BCUT2D eigenvalue weighted by Gasteiger charge is -2.25. The van der Waals surface area contributed by atoms with E-state index in [2.05, 4.69) is 10.7 Å². The number of carbonyl (C=O) groups excluding carboxylic acids is 3. The molecule has 2 aromatic carbocycles. The maximum absolute atomic E-state index is 13.6. The zero-order valence-corrected chi connectivity index (χ0v) is 14.6. The van der Waals surface area contributed by atoms with E-state index in [-0.39, 0.29) is 5.56 Å². The molecule has 1 aliphatic heterocycles. The summed E-state index contributed by atoms with van der Waals surface area (Å²) in [6.45, 7) is 1.77. The molecule has 6 nitrogen and oxygen atoms in total. The largest absolute Gasteiger partial charge is 0.344 e. The van der Waals surface area contributed by atoms with E-state index in [9.17, 15) is 18.8 Å². The molecule has 1 aliphatic rings. The Morgan fingerprint density at radius 2 is 1.81 bits per heavy atom. The smallest absolute Gasteiger partial charge is 0.318 e. The van der Waals surface area contributed by atoms with E-state index in [0.29, 0.717) is 17.0 Å². The summed E-state index contributed by atoms with van der Waals surface area (Å²) in [5.74, 6) is -1.78. The van der Waals surface area contributed by atoms with Crippen LogP contribution in [0.25, 0.3) is 6.08 Å². The highest BCUT2D eigenvalue weighted by Gasteiger charge is 2.52.